The third-order valence-corrected chi connectivity index (χ3v) is 3.16. The maximum absolute atomic E-state index is 11.3. The second-order valence-electron chi connectivity index (χ2n) is 4.52. The number of rotatable bonds is 2. The quantitative estimate of drug-likeness (QED) is 0.607. The molecule has 2 aromatic heterocycles. The van der Waals surface area contributed by atoms with Crippen LogP contribution < -0.4 is 17.2 Å². The van der Waals surface area contributed by atoms with Crippen molar-refractivity contribution >= 4 is 22.8 Å². The Hall–Kier alpha value is -3.02. The fourth-order valence-electron chi connectivity index (χ4n) is 2.15. The molecule has 0 spiro atoms. The maximum Gasteiger partial charge on any atom is 0.252 e. The zero-order valence-electron chi connectivity index (χ0n) is 10.6. The lowest BCUT2D eigenvalue weighted by Gasteiger charge is -2.02. The Labute approximate surface area is 114 Å². The largest absolute Gasteiger partial charge is 0.399 e. The van der Waals surface area contributed by atoms with Gasteiger partial charge in [0.1, 0.15) is 0 Å². The fourth-order valence-corrected chi connectivity index (χ4v) is 2.15. The summed E-state index contributed by atoms with van der Waals surface area (Å²) in [5.74, 6) is -0.593. The molecule has 0 fully saturated rings. The molecule has 100 valence electrons. The van der Waals surface area contributed by atoms with Gasteiger partial charge in [0.25, 0.3) is 5.91 Å². The van der Waals surface area contributed by atoms with Gasteiger partial charge in [-0.3, -0.25) is 4.79 Å². The van der Waals surface area contributed by atoms with Crippen LogP contribution in [0.5, 0.6) is 0 Å². The molecule has 1 aromatic carbocycles. The summed E-state index contributed by atoms with van der Waals surface area (Å²) in [5, 5.41) is 4.14. The molecule has 0 unspecified atom stereocenters. The Balaban J connectivity index is 2.21. The molecule has 3 rings (SSSR count). The number of primary amides is 1. The minimum absolute atomic E-state index is 0.217. The summed E-state index contributed by atoms with van der Waals surface area (Å²) in [6.07, 6.45) is 3.19. The minimum Gasteiger partial charge on any atom is -0.399 e. The highest BCUT2D eigenvalue weighted by Gasteiger charge is 2.12. The molecule has 6 N–H and O–H groups in total. The molecule has 0 saturated heterocycles. The fraction of sp³-hybridized carbons (Fsp3) is 0. The molecule has 0 saturated carbocycles. The van der Waals surface area contributed by atoms with Gasteiger partial charge in [0.05, 0.1) is 23.0 Å². The van der Waals surface area contributed by atoms with Crippen molar-refractivity contribution in [2.75, 3.05) is 11.5 Å². The van der Waals surface area contributed by atoms with Crippen LogP contribution in [-0.4, -0.2) is 15.5 Å². The first kappa shape index (κ1) is 12.0. The second-order valence-corrected chi connectivity index (χ2v) is 4.52. The lowest BCUT2D eigenvalue weighted by atomic mass is 10.1. The van der Waals surface area contributed by atoms with E-state index in [4.69, 9.17) is 17.2 Å². The molecule has 0 radical (unpaired) electrons. The van der Waals surface area contributed by atoms with Crippen LogP contribution in [0.4, 0.5) is 11.4 Å². The Morgan fingerprint density at radius 2 is 1.95 bits per heavy atom. The van der Waals surface area contributed by atoms with Crippen LogP contribution in [0.2, 0.25) is 0 Å². The number of carbonyl (C=O) groups excluding carboxylic acids is 1. The predicted octanol–water partition coefficient (Wildman–Crippen LogP) is 1.26. The average Bonchev–Trinajstić information content (AvgIpc) is 2.83. The van der Waals surface area contributed by atoms with E-state index in [2.05, 4.69) is 5.10 Å². The summed E-state index contributed by atoms with van der Waals surface area (Å²) in [5.41, 5.74) is 20.7. The molecule has 6 nitrogen and oxygen atoms in total. The normalized spacial score (nSPS) is 10.8. The zero-order chi connectivity index (χ0) is 14.3. The first-order valence-corrected chi connectivity index (χ1v) is 5.99. The van der Waals surface area contributed by atoms with Gasteiger partial charge >= 0.3 is 0 Å². The Kier molecular flexibility index (Phi) is 2.57. The van der Waals surface area contributed by atoms with Gasteiger partial charge in [-0.15, -0.1) is 0 Å². The van der Waals surface area contributed by atoms with Crippen LogP contribution in [0.25, 0.3) is 16.6 Å². The molecule has 3 aromatic rings. The van der Waals surface area contributed by atoms with Gasteiger partial charge in [0.15, 0.2) is 0 Å². The molecule has 1 amide bonds. The van der Waals surface area contributed by atoms with Crippen molar-refractivity contribution in [3.63, 3.8) is 0 Å². The van der Waals surface area contributed by atoms with Gasteiger partial charge < -0.3 is 17.2 Å². The number of anilines is 2. The van der Waals surface area contributed by atoms with E-state index in [1.54, 1.807) is 4.52 Å². The average molecular weight is 267 g/mol. The van der Waals surface area contributed by atoms with Crippen LogP contribution in [0.15, 0.2) is 42.7 Å². The van der Waals surface area contributed by atoms with Gasteiger partial charge in [-0.25, -0.2) is 4.52 Å². The predicted molar refractivity (Wildman–Crippen MR) is 78.0 cm³/mol. The third kappa shape index (κ3) is 1.83. The van der Waals surface area contributed by atoms with Crippen molar-refractivity contribution < 1.29 is 4.79 Å². The van der Waals surface area contributed by atoms with Gasteiger partial charge in [-0.05, 0) is 23.8 Å². The summed E-state index contributed by atoms with van der Waals surface area (Å²) < 4.78 is 1.61. The lowest BCUT2D eigenvalue weighted by molar-refractivity contribution is 0.100. The summed E-state index contributed by atoms with van der Waals surface area (Å²) in [6.45, 7) is 0. The molecule has 20 heavy (non-hydrogen) atoms. The summed E-state index contributed by atoms with van der Waals surface area (Å²) >= 11 is 0. The molecule has 6 heteroatoms. The molecule has 0 aliphatic heterocycles. The van der Waals surface area contributed by atoms with E-state index in [-0.39, 0.29) is 5.56 Å². The van der Waals surface area contributed by atoms with E-state index < -0.39 is 5.91 Å². The molecular formula is C14H13N5O. The van der Waals surface area contributed by atoms with Gasteiger partial charge in [0, 0.05) is 17.4 Å². The number of hydrogen-bond acceptors (Lipinski definition) is 4. The number of benzene rings is 1. The van der Waals surface area contributed by atoms with Crippen LogP contribution in [0.3, 0.4) is 0 Å². The van der Waals surface area contributed by atoms with E-state index in [1.165, 1.54) is 6.20 Å². The van der Waals surface area contributed by atoms with Crippen molar-refractivity contribution in [3.05, 3.63) is 48.3 Å². The topological polar surface area (TPSA) is 112 Å². The smallest absolute Gasteiger partial charge is 0.252 e. The number of carbonyl (C=O) groups is 1. The van der Waals surface area contributed by atoms with E-state index in [0.717, 1.165) is 11.1 Å². The second kappa shape index (κ2) is 4.27. The van der Waals surface area contributed by atoms with Crippen LogP contribution in [0.1, 0.15) is 10.4 Å². The van der Waals surface area contributed by atoms with Crippen molar-refractivity contribution in [3.8, 4) is 11.1 Å². The van der Waals surface area contributed by atoms with Crippen LogP contribution in [0, 0.1) is 0 Å². The molecule has 2 heterocycles. The lowest BCUT2D eigenvalue weighted by Crippen LogP contribution is -2.15. The number of nitrogens with zero attached hydrogens (tertiary/aromatic N) is 2. The molecular weight excluding hydrogens is 254 g/mol. The summed E-state index contributed by atoms with van der Waals surface area (Å²) in [7, 11) is 0. The SMILES string of the molecule is NC(=O)c1cnn2cc(-c3cccc(N)c3)cc2c1N. The van der Waals surface area contributed by atoms with E-state index in [0.29, 0.717) is 16.9 Å². The third-order valence-electron chi connectivity index (χ3n) is 3.16. The van der Waals surface area contributed by atoms with Crippen LogP contribution in [-0.2, 0) is 0 Å². The van der Waals surface area contributed by atoms with E-state index in [1.807, 2.05) is 36.5 Å². The first-order valence-electron chi connectivity index (χ1n) is 5.99. The van der Waals surface area contributed by atoms with E-state index >= 15 is 0 Å². The van der Waals surface area contributed by atoms with E-state index in [9.17, 15) is 4.79 Å². The van der Waals surface area contributed by atoms with Crippen molar-refractivity contribution in [2.24, 2.45) is 5.73 Å². The monoisotopic (exact) mass is 267 g/mol. The number of nitrogens with two attached hydrogens (primary N) is 3. The Morgan fingerprint density at radius 1 is 1.15 bits per heavy atom. The van der Waals surface area contributed by atoms with Crippen molar-refractivity contribution in [1.29, 1.82) is 0 Å². The Bertz CT molecular complexity index is 822. The molecule has 0 atom stereocenters. The number of hydrogen-bond donors (Lipinski definition) is 3. The first-order chi connectivity index (χ1) is 9.56. The number of fused-ring (bicyclic) bond motifs is 1. The Morgan fingerprint density at radius 3 is 2.65 bits per heavy atom. The highest BCUT2D eigenvalue weighted by molar-refractivity contribution is 6.01. The number of nitrogen functional groups attached to an aromatic ring is 2. The highest BCUT2D eigenvalue weighted by atomic mass is 16.1. The summed E-state index contributed by atoms with van der Waals surface area (Å²) in [6, 6.07) is 9.34. The highest BCUT2D eigenvalue weighted by Crippen LogP contribution is 2.27. The molecule has 0 bridgehead atoms. The molecule has 0 aliphatic rings. The summed E-state index contributed by atoms with van der Waals surface area (Å²) in [4.78, 5) is 11.3. The molecule has 0 aliphatic carbocycles. The van der Waals surface area contributed by atoms with Crippen molar-refractivity contribution in [1.82, 2.24) is 9.61 Å². The zero-order valence-corrected chi connectivity index (χ0v) is 10.6. The van der Waals surface area contributed by atoms with Crippen molar-refractivity contribution in [2.45, 2.75) is 0 Å². The minimum atomic E-state index is -0.593. The number of amides is 1. The van der Waals surface area contributed by atoms with Gasteiger partial charge in [-0.1, -0.05) is 12.1 Å². The van der Waals surface area contributed by atoms with Gasteiger partial charge in [0.2, 0.25) is 0 Å². The number of aromatic nitrogens is 2. The standard InChI is InChI=1S/C14H13N5O/c15-10-3-1-2-8(4-10)9-5-12-13(16)11(14(17)20)6-18-19(12)7-9/h1-7H,15-16H2,(H2,17,20). The van der Waals surface area contributed by atoms with Gasteiger partial charge in [-0.2, -0.15) is 5.10 Å². The van der Waals surface area contributed by atoms with Crippen LogP contribution >= 0.6 is 0 Å². The maximum atomic E-state index is 11.3.